The molecule has 0 nitrogen and oxygen atoms in total. The van der Waals surface area contributed by atoms with Crippen LogP contribution in [0.2, 0.25) is 0 Å². The number of hydrogen-bond donors (Lipinski definition) is 0. The summed E-state index contributed by atoms with van der Waals surface area (Å²) in [7, 11) is 0. The summed E-state index contributed by atoms with van der Waals surface area (Å²) in [6.45, 7) is 16.9. The molecule has 0 radical (unpaired) electrons. The first-order valence-electron chi connectivity index (χ1n) is 7.96. The van der Waals surface area contributed by atoms with Crippen LogP contribution >= 0.6 is 0 Å². The fourth-order valence-corrected chi connectivity index (χ4v) is 3.58. The van der Waals surface area contributed by atoms with Gasteiger partial charge in [-0.3, -0.25) is 0 Å². The highest BCUT2D eigenvalue weighted by Gasteiger charge is 2.39. The van der Waals surface area contributed by atoms with Crippen LogP contribution < -0.4 is 0 Å². The van der Waals surface area contributed by atoms with Crippen molar-refractivity contribution in [3.63, 3.8) is 0 Å². The van der Waals surface area contributed by atoms with E-state index in [9.17, 15) is 0 Å². The minimum Gasteiger partial charge on any atom is -0.0654 e. The predicted molar refractivity (Wildman–Crippen MR) is 80.3 cm³/mol. The molecule has 0 N–H and O–H groups in total. The standard InChI is InChI=1S/C17H36/c1-8-11-13-17(12-9-2,14(4)5)16(7)15(6)10-3/h14-16H,8-13H2,1-7H3. The van der Waals surface area contributed by atoms with Gasteiger partial charge in [0.1, 0.15) is 0 Å². The van der Waals surface area contributed by atoms with Gasteiger partial charge in [-0.15, -0.1) is 0 Å². The highest BCUT2D eigenvalue weighted by atomic mass is 14.4. The van der Waals surface area contributed by atoms with Crippen molar-refractivity contribution in [2.45, 2.75) is 87.0 Å². The van der Waals surface area contributed by atoms with Gasteiger partial charge in [-0.1, -0.05) is 74.1 Å². The molecule has 0 aromatic rings. The van der Waals surface area contributed by atoms with E-state index in [0.29, 0.717) is 5.41 Å². The highest BCUT2D eigenvalue weighted by Crippen LogP contribution is 2.48. The summed E-state index contributed by atoms with van der Waals surface area (Å²) in [5.41, 5.74) is 0.584. The molecule has 0 rings (SSSR count). The molecule has 0 spiro atoms. The van der Waals surface area contributed by atoms with Crippen LogP contribution in [0.5, 0.6) is 0 Å². The second-order valence-corrected chi connectivity index (χ2v) is 6.42. The van der Waals surface area contributed by atoms with Crippen molar-refractivity contribution in [1.29, 1.82) is 0 Å². The molecule has 0 heterocycles. The summed E-state index contributed by atoms with van der Waals surface area (Å²) in [4.78, 5) is 0. The first-order valence-corrected chi connectivity index (χ1v) is 7.96. The van der Waals surface area contributed by atoms with E-state index >= 15 is 0 Å². The van der Waals surface area contributed by atoms with Crippen LogP contribution in [-0.4, -0.2) is 0 Å². The van der Waals surface area contributed by atoms with Crippen molar-refractivity contribution in [3.8, 4) is 0 Å². The summed E-state index contributed by atoms with van der Waals surface area (Å²) in [5.74, 6) is 2.54. The Hall–Kier alpha value is 0. The number of rotatable bonds is 9. The third-order valence-corrected chi connectivity index (χ3v) is 5.27. The second-order valence-electron chi connectivity index (χ2n) is 6.42. The van der Waals surface area contributed by atoms with Gasteiger partial charge in [0, 0.05) is 0 Å². The summed E-state index contributed by atoms with van der Waals surface area (Å²) in [6, 6.07) is 0. The molecule has 0 fully saturated rings. The molecule has 0 aliphatic rings. The van der Waals surface area contributed by atoms with Gasteiger partial charge in [-0.05, 0) is 36.0 Å². The lowest BCUT2D eigenvalue weighted by Gasteiger charge is -2.46. The largest absolute Gasteiger partial charge is 0.0654 e. The molecule has 0 amide bonds. The van der Waals surface area contributed by atoms with Gasteiger partial charge in [0.15, 0.2) is 0 Å². The van der Waals surface area contributed by atoms with E-state index in [1.807, 2.05) is 0 Å². The SMILES string of the molecule is CCCCC(CCC)(C(C)C)C(C)C(C)CC. The average molecular weight is 240 g/mol. The van der Waals surface area contributed by atoms with Crippen LogP contribution in [0.15, 0.2) is 0 Å². The molecule has 0 aliphatic heterocycles. The van der Waals surface area contributed by atoms with E-state index in [4.69, 9.17) is 0 Å². The fraction of sp³-hybridized carbons (Fsp3) is 1.00. The normalized spacial score (nSPS) is 19.1. The summed E-state index contributed by atoms with van der Waals surface area (Å²) < 4.78 is 0. The van der Waals surface area contributed by atoms with Gasteiger partial charge in [0.05, 0.1) is 0 Å². The minimum atomic E-state index is 0.584. The van der Waals surface area contributed by atoms with Crippen LogP contribution in [0.1, 0.15) is 87.0 Å². The lowest BCUT2D eigenvalue weighted by Crippen LogP contribution is -2.37. The second kappa shape index (κ2) is 8.16. The average Bonchev–Trinajstić information content (AvgIpc) is 2.32. The Morgan fingerprint density at radius 3 is 1.76 bits per heavy atom. The molecule has 0 aromatic carbocycles. The number of hydrogen-bond acceptors (Lipinski definition) is 0. The van der Waals surface area contributed by atoms with E-state index in [1.54, 1.807) is 0 Å². The van der Waals surface area contributed by atoms with Crippen LogP contribution in [0.4, 0.5) is 0 Å². The van der Waals surface area contributed by atoms with Crippen molar-refractivity contribution in [1.82, 2.24) is 0 Å². The Morgan fingerprint density at radius 2 is 1.41 bits per heavy atom. The molecule has 104 valence electrons. The topological polar surface area (TPSA) is 0 Å². The molecule has 0 saturated heterocycles. The smallest absolute Gasteiger partial charge is 0.0246 e. The van der Waals surface area contributed by atoms with Gasteiger partial charge < -0.3 is 0 Å². The van der Waals surface area contributed by atoms with Gasteiger partial charge in [0.2, 0.25) is 0 Å². The van der Waals surface area contributed by atoms with Gasteiger partial charge >= 0.3 is 0 Å². The van der Waals surface area contributed by atoms with E-state index in [0.717, 1.165) is 17.8 Å². The third-order valence-electron chi connectivity index (χ3n) is 5.27. The molecule has 3 atom stereocenters. The first kappa shape index (κ1) is 17.0. The Kier molecular flexibility index (Phi) is 8.16. The minimum absolute atomic E-state index is 0.584. The Morgan fingerprint density at radius 1 is 0.824 bits per heavy atom. The maximum atomic E-state index is 2.51. The summed E-state index contributed by atoms with van der Waals surface area (Å²) in [6.07, 6.45) is 8.25. The Bertz CT molecular complexity index is 182. The Balaban J connectivity index is 4.99. The molecule has 3 unspecified atom stereocenters. The van der Waals surface area contributed by atoms with E-state index in [1.165, 1.54) is 38.5 Å². The van der Waals surface area contributed by atoms with Crippen molar-refractivity contribution >= 4 is 0 Å². The van der Waals surface area contributed by atoms with Gasteiger partial charge in [-0.2, -0.15) is 0 Å². The van der Waals surface area contributed by atoms with Crippen molar-refractivity contribution in [2.24, 2.45) is 23.2 Å². The molecule has 0 heteroatoms. The Labute approximate surface area is 111 Å². The van der Waals surface area contributed by atoms with E-state index < -0.39 is 0 Å². The zero-order valence-electron chi connectivity index (χ0n) is 13.5. The predicted octanol–water partition coefficient (Wildman–Crippen LogP) is 6.30. The fourth-order valence-electron chi connectivity index (χ4n) is 3.58. The molecule has 0 aliphatic carbocycles. The first-order chi connectivity index (χ1) is 7.96. The maximum Gasteiger partial charge on any atom is -0.0246 e. The lowest BCUT2D eigenvalue weighted by molar-refractivity contribution is 0.0372. The third kappa shape index (κ3) is 4.30. The molecule has 17 heavy (non-hydrogen) atoms. The summed E-state index contributed by atoms with van der Waals surface area (Å²) in [5, 5.41) is 0. The number of unbranched alkanes of at least 4 members (excludes halogenated alkanes) is 1. The zero-order valence-corrected chi connectivity index (χ0v) is 13.5. The molecule has 0 aromatic heterocycles. The van der Waals surface area contributed by atoms with Crippen molar-refractivity contribution < 1.29 is 0 Å². The molecule has 0 saturated carbocycles. The molecular formula is C17H36. The van der Waals surface area contributed by atoms with Crippen molar-refractivity contribution in [2.75, 3.05) is 0 Å². The lowest BCUT2D eigenvalue weighted by atomic mass is 9.59. The van der Waals surface area contributed by atoms with Crippen LogP contribution in [0.25, 0.3) is 0 Å². The van der Waals surface area contributed by atoms with Gasteiger partial charge in [0.25, 0.3) is 0 Å². The summed E-state index contributed by atoms with van der Waals surface area (Å²) >= 11 is 0. The van der Waals surface area contributed by atoms with Crippen LogP contribution in [-0.2, 0) is 0 Å². The highest BCUT2D eigenvalue weighted by molar-refractivity contribution is 4.88. The molecular weight excluding hydrogens is 204 g/mol. The zero-order chi connectivity index (χ0) is 13.5. The van der Waals surface area contributed by atoms with Gasteiger partial charge in [-0.25, -0.2) is 0 Å². The quantitative estimate of drug-likeness (QED) is 0.443. The maximum absolute atomic E-state index is 2.51. The van der Waals surface area contributed by atoms with Crippen molar-refractivity contribution in [3.05, 3.63) is 0 Å². The van der Waals surface area contributed by atoms with Crippen LogP contribution in [0.3, 0.4) is 0 Å². The van der Waals surface area contributed by atoms with Crippen LogP contribution in [0, 0.1) is 23.2 Å². The monoisotopic (exact) mass is 240 g/mol. The van der Waals surface area contributed by atoms with E-state index in [2.05, 4.69) is 48.5 Å². The molecule has 0 bridgehead atoms. The van der Waals surface area contributed by atoms with E-state index in [-0.39, 0.29) is 0 Å².